The van der Waals surface area contributed by atoms with E-state index in [4.69, 9.17) is 9.47 Å². The van der Waals surface area contributed by atoms with Gasteiger partial charge in [-0.3, -0.25) is 4.79 Å². The Morgan fingerprint density at radius 1 is 1.08 bits per heavy atom. The number of hydrogen-bond donors (Lipinski definition) is 0. The minimum atomic E-state index is -0.205. The normalized spacial score (nSPS) is 20.0. The van der Waals surface area contributed by atoms with Gasteiger partial charge in [0.15, 0.2) is 0 Å². The van der Waals surface area contributed by atoms with Crippen molar-refractivity contribution in [3.8, 4) is 0 Å². The number of amides is 1. The molecule has 0 bridgehead atoms. The average Bonchev–Trinajstić information content (AvgIpc) is 2.69. The van der Waals surface area contributed by atoms with Gasteiger partial charge >= 0.3 is 12.1 Å². The molecule has 0 N–H and O–H groups in total. The van der Waals surface area contributed by atoms with Crippen molar-refractivity contribution in [1.82, 2.24) is 4.90 Å². The summed E-state index contributed by atoms with van der Waals surface area (Å²) < 4.78 is 10.2. The lowest BCUT2D eigenvalue weighted by Crippen LogP contribution is -2.44. The lowest BCUT2D eigenvalue weighted by Gasteiger charge is -2.45. The second-order valence-electron chi connectivity index (χ2n) is 7.75. The molecule has 0 aromatic heterocycles. The molecule has 142 valence electrons. The molecular formula is C21H29NO4. The van der Waals surface area contributed by atoms with E-state index in [1.54, 1.807) is 0 Å². The van der Waals surface area contributed by atoms with Crippen LogP contribution in [0.15, 0.2) is 30.3 Å². The third-order valence-electron chi connectivity index (χ3n) is 6.14. The summed E-state index contributed by atoms with van der Waals surface area (Å²) in [5.41, 5.74) is 1.36. The van der Waals surface area contributed by atoms with Crippen molar-refractivity contribution < 1.29 is 19.1 Å². The summed E-state index contributed by atoms with van der Waals surface area (Å²) >= 11 is 0. The molecule has 1 aromatic rings. The van der Waals surface area contributed by atoms with Crippen LogP contribution in [0.25, 0.3) is 0 Å². The number of carbonyl (C=O) groups excluding carboxylic acids is 2. The minimum Gasteiger partial charge on any atom is -0.469 e. The van der Waals surface area contributed by atoms with E-state index < -0.39 is 0 Å². The highest BCUT2D eigenvalue weighted by atomic mass is 16.6. The Kier molecular flexibility index (Phi) is 6.17. The number of carbonyl (C=O) groups is 2. The molecule has 5 nitrogen and oxygen atoms in total. The van der Waals surface area contributed by atoms with Crippen molar-refractivity contribution in [2.75, 3.05) is 20.2 Å². The van der Waals surface area contributed by atoms with Crippen molar-refractivity contribution in [1.29, 1.82) is 0 Å². The quantitative estimate of drug-likeness (QED) is 0.758. The Morgan fingerprint density at radius 2 is 1.73 bits per heavy atom. The Balaban J connectivity index is 1.41. The van der Waals surface area contributed by atoms with Crippen molar-refractivity contribution >= 4 is 12.1 Å². The molecule has 5 heteroatoms. The summed E-state index contributed by atoms with van der Waals surface area (Å²) in [6.45, 7) is 1.88. The zero-order valence-electron chi connectivity index (χ0n) is 15.6. The number of benzene rings is 1. The van der Waals surface area contributed by atoms with Gasteiger partial charge in [0.05, 0.1) is 7.11 Å². The van der Waals surface area contributed by atoms with Crippen LogP contribution in [-0.4, -0.2) is 37.2 Å². The number of likely N-dealkylation sites (tertiary alicyclic amines) is 1. The van der Waals surface area contributed by atoms with E-state index >= 15 is 0 Å². The van der Waals surface area contributed by atoms with Gasteiger partial charge in [0.1, 0.15) is 6.61 Å². The fourth-order valence-corrected chi connectivity index (χ4v) is 4.29. The van der Waals surface area contributed by atoms with Crippen LogP contribution < -0.4 is 0 Å². The molecule has 1 aromatic carbocycles. The van der Waals surface area contributed by atoms with Gasteiger partial charge in [0, 0.05) is 19.5 Å². The molecule has 1 spiro atoms. The molecule has 0 radical (unpaired) electrons. The molecule has 0 atom stereocenters. The Hall–Kier alpha value is -2.04. The predicted molar refractivity (Wildman–Crippen MR) is 98.5 cm³/mol. The molecule has 3 rings (SSSR count). The van der Waals surface area contributed by atoms with E-state index in [0.717, 1.165) is 57.2 Å². The van der Waals surface area contributed by atoms with E-state index in [1.807, 2.05) is 35.2 Å². The van der Waals surface area contributed by atoms with Crippen molar-refractivity contribution in [2.24, 2.45) is 11.3 Å². The van der Waals surface area contributed by atoms with Gasteiger partial charge in [-0.1, -0.05) is 30.3 Å². The molecule has 1 aliphatic heterocycles. The SMILES string of the molecule is COC(=O)CC1CCC2(CC1)CCN(C(=O)OCc1ccccc1)CC2. The van der Waals surface area contributed by atoms with Gasteiger partial charge in [-0.25, -0.2) is 4.79 Å². The maximum absolute atomic E-state index is 12.3. The average molecular weight is 359 g/mol. The number of esters is 1. The summed E-state index contributed by atoms with van der Waals surface area (Å²) in [5, 5.41) is 0. The van der Waals surface area contributed by atoms with Crippen LogP contribution in [0.1, 0.15) is 50.5 Å². The first-order chi connectivity index (χ1) is 12.6. The molecule has 1 amide bonds. The minimum absolute atomic E-state index is 0.0954. The van der Waals surface area contributed by atoms with Crippen LogP contribution in [0.4, 0.5) is 4.79 Å². The second-order valence-corrected chi connectivity index (χ2v) is 7.75. The largest absolute Gasteiger partial charge is 0.469 e. The summed E-state index contributed by atoms with van der Waals surface area (Å²) in [7, 11) is 1.46. The number of ether oxygens (including phenoxy) is 2. The molecule has 1 heterocycles. The molecule has 26 heavy (non-hydrogen) atoms. The van der Waals surface area contributed by atoms with Gasteiger partial charge in [0.25, 0.3) is 0 Å². The topological polar surface area (TPSA) is 55.8 Å². The number of piperidine rings is 1. The van der Waals surface area contributed by atoms with Crippen molar-refractivity contribution in [3.05, 3.63) is 35.9 Å². The van der Waals surface area contributed by atoms with Crippen LogP contribution in [0.3, 0.4) is 0 Å². The van der Waals surface area contributed by atoms with Gasteiger partial charge in [0.2, 0.25) is 0 Å². The predicted octanol–water partition coefficient (Wildman–Crippen LogP) is 4.16. The standard InChI is InChI=1S/C21H29NO4/c1-25-19(23)15-17-7-9-21(10-8-17)11-13-22(14-12-21)20(24)26-16-18-5-3-2-4-6-18/h2-6,17H,7-16H2,1H3. The number of rotatable bonds is 4. The van der Waals surface area contributed by atoms with Crippen LogP contribution in [0.2, 0.25) is 0 Å². The van der Waals surface area contributed by atoms with Crippen LogP contribution in [0.5, 0.6) is 0 Å². The fourth-order valence-electron chi connectivity index (χ4n) is 4.29. The van der Waals surface area contributed by atoms with Gasteiger partial charge in [-0.2, -0.15) is 0 Å². The summed E-state index contributed by atoms with van der Waals surface area (Å²) in [6, 6.07) is 9.78. The van der Waals surface area contributed by atoms with Crippen molar-refractivity contribution in [3.63, 3.8) is 0 Å². The molecule has 2 aliphatic rings. The third kappa shape index (κ3) is 4.77. The first-order valence-electron chi connectivity index (χ1n) is 9.63. The van der Waals surface area contributed by atoms with E-state index in [0.29, 0.717) is 24.4 Å². The molecular weight excluding hydrogens is 330 g/mol. The smallest absolute Gasteiger partial charge is 0.410 e. The van der Waals surface area contributed by atoms with E-state index in [9.17, 15) is 9.59 Å². The first kappa shape index (κ1) is 18.7. The fraction of sp³-hybridized carbons (Fsp3) is 0.619. The van der Waals surface area contributed by atoms with E-state index in [2.05, 4.69) is 0 Å². The first-order valence-corrected chi connectivity index (χ1v) is 9.63. The molecule has 1 saturated carbocycles. The third-order valence-corrected chi connectivity index (χ3v) is 6.14. The van der Waals surface area contributed by atoms with Crippen LogP contribution in [-0.2, 0) is 20.9 Å². The Morgan fingerprint density at radius 3 is 2.35 bits per heavy atom. The Labute approximate surface area is 155 Å². The Bertz CT molecular complexity index is 598. The summed E-state index contributed by atoms with van der Waals surface area (Å²) in [4.78, 5) is 25.6. The van der Waals surface area contributed by atoms with E-state index in [1.165, 1.54) is 7.11 Å². The molecule has 1 saturated heterocycles. The second kappa shape index (κ2) is 8.56. The number of methoxy groups -OCH3 is 1. The number of nitrogens with zero attached hydrogens (tertiary/aromatic N) is 1. The van der Waals surface area contributed by atoms with Gasteiger partial charge in [-0.05, 0) is 55.4 Å². The highest BCUT2D eigenvalue weighted by molar-refractivity contribution is 5.69. The van der Waals surface area contributed by atoms with Crippen LogP contribution >= 0.6 is 0 Å². The summed E-state index contributed by atoms with van der Waals surface area (Å²) in [6.07, 6.45) is 6.91. The zero-order chi connectivity index (χ0) is 18.4. The van der Waals surface area contributed by atoms with Crippen LogP contribution in [0, 0.1) is 11.3 Å². The van der Waals surface area contributed by atoms with Crippen molar-refractivity contribution in [2.45, 2.75) is 51.6 Å². The highest BCUT2D eigenvalue weighted by Gasteiger charge is 2.39. The monoisotopic (exact) mass is 359 g/mol. The number of hydrogen-bond acceptors (Lipinski definition) is 4. The maximum atomic E-state index is 12.3. The van der Waals surface area contributed by atoms with E-state index in [-0.39, 0.29) is 12.1 Å². The lowest BCUT2D eigenvalue weighted by atomic mass is 9.65. The lowest BCUT2D eigenvalue weighted by molar-refractivity contribution is -0.142. The highest BCUT2D eigenvalue weighted by Crippen LogP contribution is 2.47. The zero-order valence-corrected chi connectivity index (χ0v) is 15.6. The molecule has 1 aliphatic carbocycles. The van der Waals surface area contributed by atoms with Gasteiger partial charge < -0.3 is 14.4 Å². The molecule has 2 fully saturated rings. The summed E-state index contributed by atoms with van der Waals surface area (Å²) in [5.74, 6) is 0.365. The molecule has 0 unspecified atom stereocenters. The van der Waals surface area contributed by atoms with Gasteiger partial charge in [-0.15, -0.1) is 0 Å². The maximum Gasteiger partial charge on any atom is 0.410 e.